The lowest BCUT2D eigenvalue weighted by Crippen LogP contribution is -2.20. The van der Waals surface area contributed by atoms with Gasteiger partial charge in [-0.3, -0.25) is 0 Å². The summed E-state index contributed by atoms with van der Waals surface area (Å²) in [5, 5.41) is 6.60. The number of nitrogens with zero attached hydrogens (tertiary/aromatic N) is 1. The van der Waals surface area contributed by atoms with Gasteiger partial charge in [0.25, 0.3) is 0 Å². The summed E-state index contributed by atoms with van der Waals surface area (Å²) < 4.78 is 5.40. The van der Waals surface area contributed by atoms with Crippen LogP contribution in [0.25, 0.3) is 0 Å². The van der Waals surface area contributed by atoms with Crippen molar-refractivity contribution in [2.24, 2.45) is 0 Å². The van der Waals surface area contributed by atoms with E-state index in [1.807, 2.05) is 11.6 Å². The Hall–Kier alpha value is -0.450. The Morgan fingerprint density at radius 1 is 1.53 bits per heavy atom. The standard InChI is InChI=1S/C11H20N2OS/c1-3-7-14-8-4-5-12-10(2)11-13-6-9-15-11/h6,9-10,12H,3-5,7-8H2,1-2H3. The highest BCUT2D eigenvalue weighted by molar-refractivity contribution is 7.09. The molecule has 1 N–H and O–H groups in total. The van der Waals surface area contributed by atoms with Crippen LogP contribution in [0, 0.1) is 0 Å². The van der Waals surface area contributed by atoms with Crippen molar-refractivity contribution in [3.63, 3.8) is 0 Å². The van der Waals surface area contributed by atoms with Crippen LogP contribution in [0.2, 0.25) is 0 Å². The van der Waals surface area contributed by atoms with Crippen LogP contribution in [-0.4, -0.2) is 24.7 Å². The molecular weight excluding hydrogens is 208 g/mol. The van der Waals surface area contributed by atoms with Gasteiger partial charge in [-0.1, -0.05) is 6.92 Å². The highest BCUT2D eigenvalue weighted by Crippen LogP contribution is 2.14. The molecule has 15 heavy (non-hydrogen) atoms. The molecule has 0 radical (unpaired) electrons. The zero-order valence-corrected chi connectivity index (χ0v) is 10.3. The highest BCUT2D eigenvalue weighted by atomic mass is 32.1. The molecule has 1 aromatic heterocycles. The number of thiazole rings is 1. The second-order valence-electron chi connectivity index (χ2n) is 3.51. The van der Waals surface area contributed by atoms with Crippen molar-refractivity contribution < 1.29 is 4.74 Å². The maximum absolute atomic E-state index is 5.40. The molecule has 0 aliphatic rings. The SMILES string of the molecule is CCCOCCCNC(C)c1nccs1. The first-order chi connectivity index (χ1) is 7.34. The average molecular weight is 228 g/mol. The summed E-state index contributed by atoms with van der Waals surface area (Å²) in [5.41, 5.74) is 0. The van der Waals surface area contributed by atoms with Crippen LogP contribution < -0.4 is 5.32 Å². The summed E-state index contributed by atoms with van der Waals surface area (Å²) in [6.45, 7) is 6.99. The molecule has 1 atom stereocenters. The smallest absolute Gasteiger partial charge is 0.109 e. The number of ether oxygens (including phenoxy) is 1. The summed E-state index contributed by atoms with van der Waals surface area (Å²) in [5.74, 6) is 0. The van der Waals surface area contributed by atoms with Gasteiger partial charge in [-0.25, -0.2) is 4.98 Å². The van der Waals surface area contributed by atoms with E-state index < -0.39 is 0 Å². The van der Waals surface area contributed by atoms with E-state index in [1.165, 1.54) is 0 Å². The second-order valence-corrected chi connectivity index (χ2v) is 4.44. The van der Waals surface area contributed by atoms with Crippen LogP contribution in [0.15, 0.2) is 11.6 Å². The Kier molecular flexibility index (Phi) is 6.55. The van der Waals surface area contributed by atoms with Crippen molar-refractivity contribution in [1.29, 1.82) is 0 Å². The molecule has 0 bridgehead atoms. The van der Waals surface area contributed by atoms with Gasteiger partial charge in [-0.2, -0.15) is 0 Å². The molecule has 0 aliphatic heterocycles. The maximum atomic E-state index is 5.40. The molecule has 1 unspecified atom stereocenters. The maximum Gasteiger partial charge on any atom is 0.109 e. The van der Waals surface area contributed by atoms with E-state index in [0.717, 1.165) is 37.6 Å². The van der Waals surface area contributed by atoms with E-state index in [-0.39, 0.29) is 0 Å². The number of rotatable bonds is 8. The number of aromatic nitrogens is 1. The molecule has 0 amide bonds. The molecule has 0 fully saturated rings. The molecule has 86 valence electrons. The number of hydrogen-bond acceptors (Lipinski definition) is 4. The Labute approximate surface area is 95.9 Å². The van der Waals surface area contributed by atoms with Gasteiger partial charge < -0.3 is 10.1 Å². The third kappa shape index (κ3) is 5.25. The molecule has 1 aromatic rings. The van der Waals surface area contributed by atoms with Crippen molar-refractivity contribution >= 4 is 11.3 Å². The minimum absolute atomic E-state index is 0.358. The zero-order valence-electron chi connectivity index (χ0n) is 9.53. The van der Waals surface area contributed by atoms with Crippen LogP contribution in [0.4, 0.5) is 0 Å². The minimum Gasteiger partial charge on any atom is -0.381 e. The van der Waals surface area contributed by atoms with Gasteiger partial charge in [-0.05, 0) is 26.3 Å². The van der Waals surface area contributed by atoms with Crippen molar-refractivity contribution in [2.45, 2.75) is 32.7 Å². The van der Waals surface area contributed by atoms with Gasteiger partial charge >= 0.3 is 0 Å². The van der Waals surface area contributed by atoms with Crippen molar-refractivity contribution in [3.8, 4) is 0 Å². The molecule has 3 nitrogen and oxygen atoms in total. The van der Waals surface area contributed by atoms with Crippen LogP contribution in [0.5, 0.6) is 0 Å². The van der Waals surface area contributed by atoms with E-state index in [2.05, 4.69) is 24.1 Å². The number of hydrogen-bond donors (Lipinski definition) is 1. The molecule has 0 spiro atoms. The molecule has 0 saturated carbocycles. The fourth-order valence-electron chi connectivity index (χ4n) is 1.27. The molecule has 1 heterocycles. The van der Waals surface area contributed by atoms with Gasteiger partial charge in [0.1, 0.15) is 5.01 Å². The topological polar surface area (TPSA) is 34.1 Å². The van der Waals surface area contributed by atoms with E-state index in [4.69, 9.17) is 4.74 Å². The predicted molar refractivity (Wildman–Crippen MR) is 64.3 cm³/mol. The molecule has 0 saturated heterocycles. The Balaban J connectivity index is 2.00. The second kappa shape index (κ2) is 7.79. The fourth-order valence-corrected chi connectivity index (χ4v) is 1.95. The third-order valence-corrected chi connectivity index (χ3v) is 3.04. The summed E-state index contributed by atoms with van der Waals surface area (Å²) in [6, 6.07) is 0.358. The normalized spacial score (nSPS) is 12.9. The van der Waals surface area contributed by atoms with Gasteiger partial charge in [-0.15, -0.1) is 11.3 Å². The van der Waals surface area contributed by atoms with Crippen molar-refractivity contribution in [2.75, 3.05) is 19.8 Å². The largest absolute Gasteiger partial charge is 0.381 e. The van der Waals surface area contributed by atoms with Gasteiger partial charge in [0.15, 0.2) is 0 Å². The van der Waals surface area contributed by atoms with Gasteiger partial charge in [0.05, 0.1) is 6.04 Å². The minimum atomic E-state index is 0.358. The van der Waals surface area contributed by atoms with Gasteiger partial charge in [0, 0.05) is 24.8 Å². The lowest BCUT2D eigenvalue weighted by atomic mass is 10.3. The van der Waals surface area contributed by atoms with E-state index in [9.17, 15) is 0 Å². The first kappa shape index (κ1) is 12.6. The predicted octanol–water partition coefficient (Wildman–Crippen LogP) is 2.61. The Bertz CT molecular complexity index is 239. The van der Waals surface area contributed by atoms with Crippen molar-refractivity contribution in [3.05, 3.63) is 16.6 Å². The summed E-state index contributed by atoms with van der Waals surface area (Å²) in [6.07, 6.45) is 4.02. The lowest BCUT2D eigenvalue weighted by Gasteiger charge is -2.10. The quantitative estimate of drug-likeness (QED) is 0.694. The van der Waals surface area contributed by atoms with E-state index >= 15 is 0 Å². The molecule has 1 rings (SSSR count). The van der Waals surface area contributed by atoms with Crippen LogP contribution >= 0.6 is 11.3 Å². The summed E-state index contributed by atoms with van der Waals surface area (Å²) >= 11 is 1.70. The summed E-state index contributed by atoms with van der Waals surface area (Å²) in [4.78, 5) is 4.27. The van der Waals surface area contributed by atoms with Crippen LogP contribution in [-0.2, 0) is 4.74 Å². The molecule has 4 heteroatoms. The molecular formula is C11H20N2OS. The Morgan fingerprint density at radius 2 is 2.40 bits per heavy atom. The number of nitrogens with one attached hydrogen (secondary N) is 1. The monoisotopic (exact) mass is 228 g/mol. The van der Waals surface area contributed by atoms with Crippen molar-refractivity contribution in [1.82, 2.24) is 10.3 Å². The van der Waals surface area contributed by atoms with Crippen LogP contribution in [0.1, 0.15) is 37.7 Å². The van der Waals surface area contributed by atoms with E-state index in [0.29, 0.717) is 6.04 Å². The highest BCUT2D eigenvalue weighted by Gasteiger charge is 2.05. The molecule has 0 aliphatic carbocycles. The fraction of sp³-hybridized carbons (Fsp3) is 0.727. The average Bonchev–Trinajstić information content (AvgIpc) is 2.76. The lowest BCUT2D eigenvalue weighted by molar-refractivity contribution is 0.132. The van der Waals surface area contributed by atoms with Crippen LogP contribution in [0.3, 0.4) is 0 Å². The van der Waals surface area contributed by atoms with Gasteiger partial charge in [0.2, 0.25) is 0 Å². The molecule has 0 aromatic carbocycles. The van der Waals surface area contributed by atoms with E-state index in [1.54, 1.807) is 11.3 Å². The zero-order chi connectivity index (χ0) is 10.9. The first-order valence-electron chi connectivity index (χ1n) is 5.55. The first-order valence-corrected chi connectivity index (χ1v) is 6.43. The Morgan fingerprint density at radius 3 is 3.07 bits per heavy atom. The summed E-state index contributed by atoms with van der Waals surface area (Å²) in [7, 11) is 0. The third-order valence-electron chi connectivity index (χ3n) is 2.09.